The van der Waals surface area contributed by atoms with E-state index in [-0.39, 0.29) is 28.8 Å². The predicted molar refractivity (Wildman–Crippen MR) is 85.4 cm³/mol. The maximum atomic E-state index is 12.4. The molecule has 0 aliphatic carbocycles. The summed E-state index contributed by atoms with van der Waals surface area (Å²) in [7, 11) is 1.92. The molecule has 1 aromatic rings. The van der Waals surface area contributed by atoms with Gasteiger partial charge in [-0.1, -0.05) is 6.92 Å². The standard InChI is InChI=1S/C16H20N4O4S/c1-7-11-10(8(2)21)15(22)20(11)12(16(23)24)13(7)25-9-4-5-19-14(9)18(3)6-17-19/h6-11,21H,4-5H2,1-3H3/t7-,8-,9-,10-,11-/m1/s1. The van der Waals surface area contributed by atoms with Gasteiger partial charge in [0, 0.05) is 22.3 Å². The van der Waals surface area contributed by atoms with Crippen LogP contribution in [0, 0.1) is 11.8 Å². The zero-order chi connectivity index (χ0) is 18.0. The van der Waals surface area contributed by atoms with E-state index in [1.807, 2.05) is 23.2 Å². The summed E-state index contributed by atoms with van der Waals surface area (Å²) in [6.07, 6.45) is 1.81. The monoisotopic (exact) mass is 364 g/mol. The molecule has 8 nitrogen and oxygen atoms in total. The Kier molecular flexibility index (Phi) is 3.69. The Morgan fingerprint density at radius 3 is 2.92 bits per heavy atom. The number of hydrogen-bond acceptors (Lipinski definition) is 6. The maximum absolute atomic E-state index is 12.4. The third-order valence-electron chi connectivity index (χ3n) is 5.45. The minimum absolute atomic E-state index is 0.0231. The van der Waals surface area contributed by atoms with Crippen LogP contribution in [0.5, 0.6) is 0 Å². The molecule has 134 valence electrons. The molecule has 4 heterocycles. The number of β-lactam (4-membered cyclic amide) rings is 1. The number of aliphatic hydroxyl groups is 1. The molecule has 25 heavy (non-hydrogen) atoms. The van der Waals surface area contributed by atoms with Gasteiger partial charge in [0.2, 0.25) is 11.7 Å². The van der Waals surface area contributed by atoms with Gasteiger partial charge in [0.25, 0.3) is 6.33 Å². The van der Waals surface area contributed by atoms with Gasteiger partial charge in [-0.15, -0.1) is 16.4 Å². The SMILES string of the molecule is C[C@@H](O)[C@H]1C(=O)N2C(C(=O)[O-])=C(S[C@@H]3CCn4nc[n+](C)c43)[C@H](C)[C@H]12. The number of fused-ring (bicyclic) bond motifs is 2. The fraction of sp³-hybridized carbons (Fsp3) is 0.625. The van der Waals surface area contributed by atoms with Gasteiger partial charge < -0.3 is 19.9 Å². The number of aryl methyl sites for hydroxylation is 2. The third-order valence-corrected chi connectivity index (χ3v) is 7.00. The van der Waals surface area contributed by atoms with Crippen LogP contribution in [0.15, 0.2) is 16.9 Å². The quantitative estimate of drug-likeness (QED) is 0.527. The van der Waals surface area contributed by atoms with Crippen molar-refractivity contribution in [3.8, 4) is 0 Å². The Balaban J connectivity index is 1.68. The summed E-state index contributed by atoms with van der Waals surface area (Å²) in [6, 6.07) is -0.303. The van der Waals surface area contributed by atoms with Crippen molar-refractivity contribution in [1.29, 1.82) is 0 Å². The first-order chi connectivity index (χ1) is 11.8. The lowest BCUT2D eigenvalue weighted by Crippen LogP contribution is -2.64. The average Bonchev–Trinajstić information content (AvgIpc) is 3.16. The van der Waals surface area contributed by atoms with E-state index in [9.17, 15) is 19.8 Å². The highest BCUT2D eigenvalue weighted by Crippen LogP contribution is 2.54. The summed E-state index contributed by atoms with van der Waals surface area (Å²) in [5.74, 6) is -1.31. The number of carboxylic acid groups (broad SMARTS) is 1. The first-order valence-corrected chi connectivity index (χ1v) is 9.25. The Morgan fingerprint density at radius 1 is 1.56 bits per heavy atom. The molecule has 0 saturated carbocycles. The summed E-state index contributed by atoms with van der Waals surface area (Å²) in [5, 5.41) is 26.0. The summed E-state index contributed by atoms with van der Waals surface area (Å²) in [6.45, 7) is 4.29. The topological polar surface area (TPSA) is 102 Å². The second-order valence-electron chi connectivity index (χ2n) is 6.97. The van der Waals surface area contributed by atoms with E-state index >= 15 is 0 Å². The first-order valence-electron chi connectivity index (χ1n) is 8.37. The maximum Gasteiger partial charge on any atom is 0.265 e. The molecule has 3 aliphatic rings. The van der Waals surface area contributed by atoms with E-state index in [1.54, 1.807) is 13.3 Å². The molecule has 0 bridgehead atoms. The summed E-state index contributed by atoms with van der Waals surface area (Å²) in [4.78, 5) is 26.1. The molecule has 0 unspecified atom stereocenters. The summed E-state index contributed by atoms with van der Waals surface area (Å²) < 4.78 is 3.87. The minimum atomic E-state index is -1.33. The van der Waals surface area contributed by atoms with Crippen molar-refractivity contribution < 1.29 is 24.4 Å². The number of thioether (sulfide) groups is 1. The Bertz CT molecular complexity index is 802. The van der Waals surface area contributed by atoms with Crippen LogP contribution in [-0.2, 0) is 23.2 Å². The molecule has 1 amide bonds. The molecule has 4 rings (SSSR count). The highest BCUT2D eigenvalue weighted by Gasteiger charge is 2.59. The zero-order valence-electron chi connectivity index (χ0n) is 14.2. The Hall–Kier alpha value is -1.87. The molecule has 3 aliphatic heterocycles. The number of hydrogen-bond donors (Lipinski definition) is 1. The Morgan fingerprint density at radius 2 is 2.28 bits per heavy atom. The molecule has 0 radical (unpaired) electrons. The van der Waals surface area contributed by atoms with Crippen LogP contribution in [0.3, 0.4) is 0 Å². The first kappa shape index (κ1) is 16.6. The van der Waals surface area contributed by atoms with E-state index in [0.29, 0.717) is 4.91 Å². The molecule has 0 spiro atoms. The normalized spacial score (nSPS) is 31.8. The molecule has 1 saturated heterocycles. The van der Waals surface area contributed by atoms with Crippen molar-refractivity contribution in [2.45, 2.75) is 44.2 Å². The fourth-order valence-electron chi connectivity index (χ4n) is 4.31. The molecule has 5 atom stereocenters. The van der Waals surface area contributed by atoms with Crippen LogP contribution in [-0.4, -0.2) is 43.8 Å². The number of aromatic nitrogens is 3. The molecule has 1 aromatic heterocycles. The highest BCUT2D eigenvalue weighted by molar-refractivity contribution is 8.03. The number of amides is 1. The summed E-state index contributed by atoms with van der Waals surface area (Å²) in [5.41, 5.74) is -0.0231. The van der Waals surface area contributed by atoms with Gasteiger partial charge in [-0.25, -0.2) is 4.57 Å². The van der Waals surface area contributed by atoms with Crippen molar-refractivity contribution in [1.82, 2.24) is 14.7 Å². The lowest BCUT2D eigenvalue weighted by Gasteiger charge is -2.47. The number of aliphatic hydroxyl groups excluding tert-OH is 1. The average molecular weight is 364 g/mol. The van der Waals surface area contributed by atoms with E-state index in [0.717, 1.165) is 18.8 Å². The van der Waals surface area contributed by atoms with Gasteiger partial charge in [-0.05, 0) is 6.92 Å². The molecular formula is C16H20N4O4S. The van der Waals surface area contributed by atoms with Crippen LogP contribution in [0.25, 0.3) is 0 Å². The Labute approximate surface area is 149 Å². The van der Waals surface area contributed by atoms with Crippen LogP contribution >= 0.6 is 11.8 Å². The smallest absolute Gasteiger partial charge is 0.265 e. The van der Waals surface area contributed by atoms with Gasteiger partial charge in [0.05, 0.1) is 36.8 Å². The van der Waals surface area contributed by atoms with E-state index in [2.05, 4.69) is 5.10 Å². The van der Waals surface area contributed by atoms with Crippen LogP contribution < -0.4 is 9.67 Å². The fourth-order valence-corrected chi connectivity index (χ4v) is 5.88. The highest BCUT2D eigenvalue weighted by atomic mass is 32.2. The van der Waals surface area contributed by atoms with Crippen molar-refractivity contribution in [2.24, 2.45) is 18.9 Å². The molecule has 1 N–H and O–H groups in total. The molecular weight excluding hydrogens is 344 g/mol. The van der Waals surface area contributed by atoms with Crippen LogP contribution in [0.2, 0.25) is 0 Å². The number of carboxylic acids is 1. The van der Waals surface area contributed by atoms with Gasteiger partial charge >= 0.3 is 0 Å². The van der Waals surface area contributed by atoms with Crippen molar-refractivity contribution in [3.05, 3.63) is 22.8 Å². The zero-order valence-corrected chi connectivity index (χ0v) is 15.1. The van der Waals surface area contributed by atoms with Gasteiger partial charge in [-0.3, -0.25) is 4.79 Å². The second-order valence-corrected chi connectivity index (χ2v) is 8.22. The second kappa shape index (κ2) is 5.57. The number of carbonyl (C=O) groups is 2. The summed E-state index contributed by atoms with van der Waals surface area (Å²) >= 11 is 1.49. The number of carbonyl (C=O) groups excluding carboxylic acids is 2. The largest absolute Gasteiger partial charge is 0.543 e. The number of rotatable bonds is 4. The van der Waals surface area contributed by atoms with Crippen molar-refractivity contribution in [3.63, 3.8) is 0 Å². The lowest BCUT2D eigenvalue weighted by atomic mass is 9.79. The van der Waals surface area contributed by atoms with Crippen molar-refractivity contribution >= 4 is 23.6 Å². The predicted octanol–water partition coefficient (Wildman–Crippen LogP) is -1.30. The van der Waals surface area contributed by atoms with E-state index in [1.165, 1.54) is 16.7 Å². The van der Waals surface area contributed by atoms with Gasteiger partial charge in [-0.2, -0.15) is 0 Å². The number of nitrogens with zero attached hydrogens (tertiary/aromatic N) is 4. The van der Waals surface area contributed by atoms with E-state index < -0.39 is 18.0 Å². The van der Waals surface area contributed by atoms with Gasteiger partial charge in [0.1, 0.15) is 11.8 Å². The molecule has 9 heteroatoms. The van der Waals surface area contributed by atoms with E-state index in [4.69, 9.17) is 0 Å². The lowest BCUT2D eigenvalue weighted by molar-refractivity contribution is -0.679. The van der Waals surface area contributed by atoms with Crippen LogP contribution in [0.1, 0.15) is 31.3 Å². The van der Waals surface area contributed by atoms with Crippen molar-refractivity contribution in [2.75, 3.05) is 0 Å². The van der Waals surface area contributed by atoms with Gasteiger partial charge in [0.15, 0.2) is 0 Å². The number of aliphatic carboxylic acids is 1. The minimum Gasteiger partial charge on any atom is -0.543 e. The molecule has 0 aromatic carbocycles. The third kappa shape index (κ3) is 2.18. The molecule has 1 fully saturated rings. The van der Waals surface area contributed by atoms with Crippen LogP contribution in [0.4, 0.5) is 0 Å².